The van der Waals surface area contributed by atoms with Gasteiger partial charge in [-0.15, -0.1) is 22.7 Å². The van der Waals surface area contributed by atoms with Gasteiger partial charge in [0.1, 0.15) is 0 Å². The van der Waals surface area contributed by atoms with E-state index in [9.17, 15) is 0 Å². The number of aromatic nitrogens is 2. The molecule has 0 spiro atoms. The van der Waals surface area contributed by atoms with Crippen LogP contribution in [-0.4, -0.2) is 9.13 Å². The van der Waals surface area contributed by atoms with Gasteiger partial charge in [-0.2, -0.15) is 0 Å². The van der Waals surface area contributed by atoms with E-state index in [1.54, 1.807) is 0 Å². The number of thiophene rings is 2. The Morgan fingerprint density at radius 1 is 0.500 bits per heavy atom. The lowest BCUT2D eigenvalue weighted by molar-refractivity contribution is 0.970. The van der Waals surface area contributed by atoms with Gasteiger partial charge in [0, 0.05) is 68.5 Å². The Hall–Kier alpha value is -3.34. The largest absolute Gasteiger partial charge is 0.351 e. The van der Waals surface area contributed by atoms with Crippen LogP contribution in [-0.2, 0) is 14.1 Å². The van der Waals surface area contributed by atoms with E-state index in [0.29, 0.717) is 0 Å². The molecule has 0 radical (unpaired) electrons. The summed E-state index contributed by atoms with van der Waals surface area (Å²) in [6.07, 6.45) is 4.29. The number of fused-ring (bicyclic) bond motifs is 9. The lowest BCUT2D eigenvalue weighted by Gasteiger charge is -2.03. The Labute approximate surface area is 191 Å². The normalized spacial score (nSPS) is 12.7. The minimum atomic E-state index is 1.29. The molecule has 0 saturated heterocycles. The predicted molar refractivity (Wildman–Crippen MR) is 143 cm³/mol. The fourth-order valence-electron chi connectivity index (χ4n) is 5.28. The maximum Gasteiger partial charge on any atom is 0.0542 e. The third-order valence-electron chi connectivity index (χ3n) is 7.00. The number of hydrogen-bond acceptors (Lipinski definition) is 2. The monoisotopic (exact) mass is 446 g/mol. The Bertz CT molecular complexity index is 1910. The van der Waals surface area contributed by atoms with E-state index in [-0.39, 0.29) is 0 Å². The van der Waals surface area contributed by atoms with Crippen LogP contribution in [0, 0.1) is 0 Å². The van der Waals surface area contributed by atoms with E-state index in [4.69, 9.17) is 0 Å². The van der Waals surface area contributed by atoms with Crippen LogP contribution < -0.4 is 0 Å². The molecule has 0 N–H and O–H groups in total. The summed E-state index contributed by atoms with van der Waals surface area (Å²) in [5.41, 5.74) is 2.58. The van der Waals surface area contributed by atoms with Gasteiger partial charge in [0.25, 0.3) is 0 Å². The molecule has 0 bridgehead atoms. The summed E-state index contributed by atoms with van der Waals surface area (Å²) in [6.45, 7) is 0. The first-order chi connectivity index (χ1) is 15.6. The van der Waals surface area contributed by atoms with E-state index in [2.05, 4.69) is 96.3 Å². The minimum absolute atomic E-state index is 1.29. The first kappa shape index (κ1) is 17.2. The zero-order valence-electron chi connectivity index (χ0n) is 17.6. The highest BCUT2D eigenvalue weighted by Crippen LogP contribution is 2.46. The van der Waals surface area contributed by atoms with Crippen LogP contribution in [0.2, 0.25) is 0 Å². The third-order valence-corrected chi connectivity index (χ3v) is 9.50. The molecular weight excluding hydrogens is 428 g/mol. The summed E-state index contributed by atoms with van der Waals surface area (Å²) in [6, 6.07) is 23.3. The van der Waals surface area contributed by atoms with Crippen LogP contribution in [0.25, 0.3) is 72.9 Å². The van der Waals surface area contributed by atoms with Gasteiger partial charge in [0.05, 0.1) is 9.40 Å². The highest BCUT2D eigenvalue weighted by Gasteiger charge is 2.15. The number of aryl methyl sites for hydroxylation is 2. The molecule has 0 fully saturated rings. The van der Waals surface area contributed by atoms with Crippen molar-refractivity contribution in [2.75, 3.05) is 0 Å². The van der Waals surface area contributed by atoms with E-state index in [1.807, 2.05) is 22.7 Å². The van der Waals surface area contributed by atoms with Gasteiger partial charge in [-0.05, 0) is 82.2 Å². The molecule has 0 unspecified atom stereocenters. The molecule has 4 heterocycles. The van der Waals surface area contributed by atoms with Crippen molar-refractivity contribution in [1.29, 1.82) is 0 Å². The average Bonchev–Trinajstić information content (AvgIpc) is 3.52. The van der Waals surface area contributed by atoms with Crippen LogP contribution in [0.15, 0.2) is 73.1 Å². The lowest BCUT2D eigenvalue weighted by atomic mass is 10.1. The summed E-state index contributed by atoms with van der Waals surface area (Å²) in [4.78, 5) is 0. The Morgan fingerprint density at radius 2 is 0.938 bits per heavy atom. The van der Waals surface area contributed by atoms with Gasteiger partial charge in [-0.1, -0.05) is 0 Å². The lowest BCUT2D eigenvalue weighted by Crippen LogP contribution is -1.83. The molecule has 0 aliphatic heterocycles. The van der Waals surface area contributed by atoms with Gasteiger partial charge in [-0.25, -0.2) is 0 Å². The molecule has 152 valence electrons. The average molecular weight is 447 g/mol. The molecule has 32 heavy (non-hydrogen) atoms. The van der Waals surface area contributed by atoms with E-state index in [0.717, 1.165) is 0 Å². The zero-order valence-corrected chi connectivity index (χ0v) is 19.3. The first-order valence-corrected chi connectivity index (χ1v) is 12.4. The second-order valence-corrected chi connectivity index (χ2v) is 11.0. The van der Waals surface area contributed by atoms with Crippen LogP contribution in [0.5, 0.6) is 0 Å². The fraction of sp³-hybridized carbons (Fsp3) is 0.0714. The van der Waals surface area contributed by atoms with Crippen molar-refractivity contribution < 1.29 is 0 Å². The van der Waals surface area contributed by atoms with Crippen molar-refractivity contribution >= 4 is 95.6 Å². The van der Waals surface area contributed by atoms with Gasteiger partial charge >= 0.3 is 0 Å². The van der Waals surface area contributed by atoms with Crippen molar-refractivity contribution in [3.8, 4) is 0 Å². The molecular formula is C28H18N2S2. The molecule has 4 aromatic carbocycles. The van der Waals surface area contributed by atoms with Crippen molar-refractivity contribution in [2.45, 2.75) is 0 Å². The Kier molecular flexibility index (Phi) is 3.08. The molecule has 8 aromatic rings. The Balaban J connectivity index is 1.47. The molecule has 0 atom stereocenters. The third kappa shape index (κ3) is 2.14. The highest BCUT2D eigenvalue weighted by molar-refractivity contribution is 7.36. The second kappa shape index (κ2) is 5.71. The maximum atomic E-state index is 2.40. The SMILES string of the molecule is Cn1ccc2cc3cc4sc5c6cc7cc8c(ccn8C)cc7cc6sc5c4cc3cc21. The Morgan fingerprint density at radius 3 is 1.41 bits per heavy atom. The highest BCUT2D eigenvalue weighted by atomic mass is 32.1. The smallest absolute Gasteiger partial charge is 0.0542 e. The van der Waals surface area contributed by atoms with Crippen molar-refractivity contribution in [1.82, 2.24) is 9.13 Å². The predicted octanol–water partition coefficient (Wildman–Crippen LogP) is 8.56. The number of rotatable bonds is 0. The molecule has 0 amide bonds. The molecule has 0 aliphatic carbocycles. The molecule has 4 aromatic heterocycles. The van der Waals surface area contributed by atoms with E-state index in [1.165, 1.54) is 72.9 Å². The van der Waals surface area contributed by atoms with Crippen molar-refractivity contribution in [3.05, 3.63) is 73.1 Å². The number of nitrogens with zero attached hydrogens (tertiary/aromatic N) is 2. The van der Waals surface area contributed by atoms with Gasteiger partial charge in [0.2, 0.25) is 0 Å². The van der Waals surface area contributed by atoms with Crippen molar-refractivity contribution in [3.63, 3.8) is 0 Å². The van der Waals surface area contributed by atoms with Crippen LogP contribution >= 0.6 is 22.7 Å². The molecule has 0 saturated carbocycles. The maximum absolute atomic E-state index is 2.40. The molecule has 2 nitrogen and oxygen atoms in total. The molecule has 4 heteroatoms. The summed E-state index contributed by atoms with van der Waals surface area (Å²) in [7, 11) is 4.24. The van der Waals surface area contributed by atoms with Gasteiger partial charge in [0.15, 0.2) is 0 Å². The zero-order chi connectivity index (χ0) is 21.1. The first-order valence-electron chi connectivity index (χ1n) is 10.8. The van der Waals surface area contributed by atoms with Crippen LogP contribution in [0.4, 0.5) is 0 Å². The fourth-order valence-corrected chi connectivity index (χ4v) is 7.98. The minimum Gasteiger partial charge on any atom is -0.351 e. The summed E-state index contributed by atoms with van der Waals surface area (Å²) >= 11 is 3.88. The molecule has 8 rings (SSSR count). The second-order valence-electron chi connectivity index (χ2n) is 8.93. The van der Waals surface area contributed by atoms with Gasteiger partial charge in [-0.3, -0.25) is 0 Å². The van der Waals surface area contributed by atoms with E-state index >= 15 is 0 Å². The quantitative estimate of drug-likeness (QED) is 0.221. The molecule has 0 aliphatic rings. The number of hydrogen-bond donors (Lipinski definition) is 0. The standard InChI is InChI=1S/C28H18N2S2/c1-29-5-3-15-7-17-13-25-21(9-19(17)11-23(15)29)27-28(31-25)22-10-20-12-24-16(4-6-30(24)2)8-18(20)14-26(22)32-27/h3-14H,1-2H3. The van der Waals surface area contributed by atoms with Gasteiger partial charge < -0.3 is 9.13 Å². The van der Waals surface area contributed by atoms with Crippen molar-refractivity contribution in [2.24, 2.45) is 14.1 Å². The van der Waals surface area contributed by atoms with Crippen LogP contribution in [0.1, 0.15) is 0 Å². The topological polar surface area (TPSA) is 9.86 Å². The summed E-state index contributed by atoms with van der Waals surface area (Å²) in [5.74, 6) is 0. The summed E-state index contributed by atoms with van der Waals surface area (Å²) in [5, 5.41) is 10.7. The van der Waals surface area contributed by atoms with E-state index < -0.39 is 0 Å². The van der Waals surface area contributed by atoms with Crippen LogP contribution in [0.3, 0.4) is 0 Å². The summed E-state index contributed by atoms with van der Waals surface area (Å²) < 4.78 is 10.0. The number of benzene rings is 4.